The molecule has 1 unspecified atom stereocenters. The average Bonchev–Trinajstić information content (AvgIpc) is 2.30. The first kappa shape index (κ1) is 13.2. The Morgan fingerprint density at radius 3 is 2.56 bits per heavy atom. The highest BCUT2D eigenvalue weighted by atomic mass is 19.1. The maximum absolute atomic E-state index is 12.9. The molecule has 0 amide bonds. The molecule has 1 heterocycles. The molecule has 0 spiro atoms. The normalized spacial score (nSPS) is 21.2. The zero-order chi connectivity index (χ0) is 13.1. The first-order valence-electron chi connectivity index (χ1n) is 6.29. The van der Waals surface area contributed by atoms with Crippen LogP contribution in [0.1, 0.15) is 19.4 Å². The van der Waals surface area contributed by atoms with Crippen LogP contribution >= 0.6 is 0 Å². The summed E-state index contributed by atoms with van der Waals surface area (Å²) in [6, 6.07) is 6.57. The summed E-state index contributed by atoms with van der Waals surface area (Å²) >= 11 is 0. The molecule has 0 bridgehead atoms. The second kappa shape index (κ2) is 5.63. The van der Waals surface area contributed by atoms with Gasteiger partial charge in [0.1, 0.15) is 5.82 Å². The van der Waals surface area contributed by atoms with Crippen LogP contribution in [0.15, 0.2) is 30.3 Å². The molecule has 18 heavy (non-hydrogen) atoms. The zero-order valence-corrected chi connectivity index (χ0v) is 11.0. The highest BCUT2D eigenvalue weighted by Gasteiger charge is 2.20. The van der Waals surface area contributed by atoms with Crippen LogP contribution in [-0.2, 0) is 0 Å². The number of benzene rings is 1. The summed E-state index contributed by atoms with van der Waals surface area (Å²) in [6.07, 6.45) is 2.16. The van der Waals surface area contributed by atoms with Gasteiger partial charge in [0.25, 0.3) is 0 Å². The molecule has 2 rings (SSSR count). The van der Waals surface area contributed by atoms with Gasteiger partial charge >= 0.3 is 0 Å². The standard InChI is InChI=1S/C15H20FN2/c1-11(2)9-18-8-7-14(15(17)10-18)12-3-5-13(16)6-4-12/h3-7,15H,8-10,17H2,1-2H3. The van der Waals surface area contributed by atoms with Crippen LogP contribution in [0.5, 0.6) is 0 Å². The molecule has 1 aromatic carbocycles. The summed E-state index contributed by atoms with van der Waals surface area (Å²) in [5.41, 5.74) is 8.36. The zero-order valence-electron chi connectivity index (χ0n) is 11.0. The number of halogens is 1. The number of hydrogen-bond acceptors (Lipinski definition) is 2. The molecular weight excluding hydrogens is 227 g/mol. The molecule has 1 aromatic rings. The van der Waals surface area contributed by atoms with Crippen molar-refractivity contribution in [1.82, 2.24) is 4.90 Å². The van der Waals surface area contributed by atoms with E-state index >= 15 is 0 Å². The van der Waals surface area contributed by atoms with E-state index in [0.717, 1.165) is 30.8 Å². The predicted molar refractivity (Wildman–Crippen MR) is 73.4 cm³/mol. The molecule has 2 nitrogen and oxygen atoms in total. The minimum atomic E-state index is -0.207. The SMILES string of the molecule is C[C](C)CN1CC=C(c2ccc(F)cc2)C(N)C1. The molecule has 0 saturated heterocycles. The smallest absolute Gasteiger partial charge is 0.123 e. The predicted octanol–water partition coefficient (Wildman–Crippen LogP) is 2.47. The van der Waals surface area contributed by atoms with Gasteiger partial charge in [0.15, 0.2) is 0 Å². The number of hydrogen-bond donors (Lipinski definition) is 1. The largest absolute Gasteiger partial charge is 0.323 e. The second-order valence-corrected chi connectivity index (χ2v) is 5.17. The molecule has 1 aliphatic heterocycles. The third-order valence-electron chi connectivity index (χ3n) is 3.14. The topological polar surface area (TPSA) is 29.3 Å². The van der Waals surface area contributed by atoms with Crippen molar-refractivity contribution in [2.75, 3.05) is 19.6 Å². The molecule has 1 atom stereocenters. The van der Waals surface area contributed by atoms with Crippen LogP contribution in [0.2, 0.25) is 0 Å². The lowest BCUT2D eigenvalue weighted by molar-refractivity contribution is 0.299. The molecule has 2 N–H and O–H groups in total. The molecule has 97 valence electrons. The van der Waals surface area contributed by atoms with E-state index in [2.05, 4.69) is 24.8 Å². The molecule has 0 aromatic heterocycles. The first-order valence-corrected chi connectivity index (χ1v) is 6.29. The minimum Gasteiger partial charge on any atom is -0.323 e. The van der Waals surface area contributed by atoms with Crippen LogP contribution in [0.3, 0.4) is 0 Å². The van der Waals surface area contributed by atoms with Gasteiger partial charge < -0.3 is 5.73 Å². The Morgan fingerprint density at radius 1 is 1.33 bits per heavy atom. The maximum atomic E-state index is 12.9. The van der Waals surface area contributed by atoms with Crippen molar-refractivity contribution in [3.8, 4) is 0 Å². The van der Waals surface area contributed by atoms with Gasteiger partial charge in [-0.3, -0.25) is 4.90 Å². The lowest BCUT2D eigenvalue weighted by atomic mass is 9.95. The second-order valence-electron chi connectivity index (χ2n) is 5.17. The Bertz CT molecular complexity index is 423. The van der Waals surface area contributed by atoms with Crippen molar-refractivity contribution >= 4 is 5.57 Å². The van der Waals surface area contributed by atoms with Gasteiger partial charge in [0.05, 0.1) is 0 Å². The molecule has 1 radical (unpaired) electrons. The van der Waals surface area contributed by atoms with E-state index in [-0.39, 0.29) is 11.9 Å². The van der Waals surface area contributed by atoms with Crippen LogP contribution < -0.4 is 5.73 Å². The van der Waals surface area contributed by atoms with Gasteiger partial charge in [-0.2, -0.15) is 0 Å². The maximum Gasteiger partial charge on any atom is 0.123 e. The van der Waals surface area contributed by atoms with Gasteiger partial charge in [0, 0.05) is 25.7 Å². The Hall–Kier alpha value is -1.19. The molecule has 1 aliphatic rings. The summed E-state index contributed by atoms with van der Waals surface area (Å²) < 4.78 is 12.9. The first-order chi connectivity index (χ1) is 8.56. The summed E-state index contributed by atoms with van der Waals surface area (Å²) in [7, 11) is 0. The Kier molecular flexibility index (Phi) is 4.15. The van der Waals surface area contributed by atoms with Crippen molar-refractivity contribution in [1.29, 1.82) is 0 Å². The highest BCUT2D eigenvalue weighted by molar-refractivity contribution is 5.70. The van der Waals surface area contributed by atoms with E-state index in [0.29, 0.717) is 0 Å². The summed E-state index contributed by atoms with van der Waals surface area (Å²) in [4.78, 5) is 2.33. The van der Waals surface area contributed by atoms with Crippen LogP contribution in [0, 0.1) is 11.7 Å². The monoisotopic (exact) mass is 247 g/mol. The lowest BCUT2D eigenvalue weighted by Crippen LogP contribution is -2.43. The van der Waals surface area contributed by atoms with Gasteiger partial charge in [-0.1, -0.05) is 32.1 Å². The average molecular weight is 247 g/mol. The number of nitrogens with two attached hydrogens (primary N) is 1. The van der Waals surface area contributed by atoms with Crippen molar-refractivity contribution in [3.05, 3.63) is 47.6 Å². The van der Waals surface area contributed by atoms with Crippen molar-refractivity contribution in [2.24, 2.45) is 5.73 Å². The molecule has 0 fully saturated rings. The summed E-state index contributed by atoms with van der Waals surface area (Å²) in [5.74, 6) is 1.18. The van der Waals surface area contributed by atoms with Gasteiger partial charge in [-0.15, -0.1) is 0 Å². The fraction of sp³-hybridized carbons (Fsp3) is 0.400. The van der Waals surface area contributed by atoms with Crippen LogP contribution in [-0.4, -0.2) is 30.6 Å². The van der Waals surface area contributed by atoms with E-state index in [1.165, 1.54) is 18.1 Å². The summed E-state index contributed by atoms with van der Waals surface area (Å²) in [5, 5.41) is 0. The van der Waals surface area contributed by atoms with Crippen molar-refractivity contribution < 1.29 is 4.39 Å². The number of nitrogens with zero attached hydrogens (tertiary/aromatic N) is 1. The molecule has 0 aliphatic carbocycles. The van der Waals surface area contributed by atoms with Gasteiger partial charge in [-0.25, -0.2) is 4.39 Å². The van der Waals surface area contributed by atoms with Crippen molar-refractivity contribution in [3.63, 3.8) is 0 Å². The quantitative estimate of drug-likeness (QED) is 0.889. The Balaban J connectivity index is 2.11. The molecular formula is C15H20FN2. The lowest BCUT2D eigenvalue weighted by Gasteiger charge is -2.32. The Labute approximate surface area is 108 Å². The third kappa shape index (κ3) is 3.18. The highest BCUT2D eigenvalue weighted by Crippen LogP contribution is 2.22. The van der Waals surface area contributed by atoms with E-state index in [4.69, 9.17) is 5.73 Å². The molecule has 3 heteroatoms. The van der Waals surface area contributed by atoms with E-state index < -0.39 is 0 Å². The van der Waals surface area contributed by atoms with E-state index in [1.54, 1.807) is 12.1 Å². The van der Waals surface area contributed by atoms with Crippen LogP contribution in [0.25, 0.3) is 5.57 Å². The number of rotatable bonds is 3. The third-order valence-corrected chi connectivity index (χ3v) is 3.14. The minimum absolute atomic E-state index is 0.00330. The van der Waals surface area contributed by atoms with Gasteiger partial charge in [0.2, 0.25) is 0 Å². The van der Waals surface area contributed by atoms with E-state index in [1.807, 2.05) is 0 Å². The molecule has 0 saturated carbocycles. The summed E-state index contributed by atoms with van der Waals surface area (Å²) in [6.45, 7) is 7.01. The van der Waals surface area contributed by atoms with Crippen molar-refractivity contribution in [2.45, 2.75) is 19.9 Å². The Morgan fingerprint density at radius 2 is 2.00 bits per heavy atom. The fourth-order valence-corrected chi connectivity index (χ4v) is 2.38. The fourth-order valence-electron chi connectivity index (χ4n) is 2.38. The van der Waals surface area contributed by atoms with Crippen LogP contribution in [0.4, 0.5) is 4.39 Å². The van der Waals surface area contributed by atoms with Gasteiger partial charge in [-0.05, 0) is 29.2 Å². The van der Waals surface area contributed by atoms with E-state index in [9.17, 15) is 4.39 Å².